The summed E-state index contributed by atoms with van der Waals surface area (Å²) in [6.45, 7) is 5.00. The Balaban J connectivity index is 1.84. The molecule has 0 aliphatic carbocycles. The summed E-state index contributed by atoms with van der Waals surface area (Å²) in [4.78, 5) is 15.0. The van der Waals surface area contributed by atoms with E-state index >= 15 is 0 Å². The quantitative estimate of drug-likeness (QED) is 0.752. The molecular weight excluding hydrogens is 406 g/mol. The minimum Gasteiger partial charge on any atom is -0.495 e. The van der Waals surface area contributed by atoms with Gasteiger partial charge < -0.3 is 19.7 Å². The number of sulfonamides is 1. The van der Waals surface area contributed by atoms with Crippen LogP contribution < -0.4 is 15.0 Å². The fraction of sp³-hybridized carbons (Fsp3) is 0.381. The van der Waals surface area contributed by atoms with E-state index < -0.39 is 15.9 Å². The Kier molecular flexibility index (Phi) is 6.64. The number of methoxy groups -OCH3 is 1. The monoisotopic (exact) mass is 433 g/mol. The van der Waals surface area contributed by atoms with Gasteiger partial charge in [-0.05, 0) is 48.9 Å². The number of anilines is 2. The van der Waals surface area contributed by atoms with Gasteiger partial charge in [-0.15, -0.1) is 0 Å². The molecule has 8 nitrogen and oxygen atoms in total. The number of morpholine rings is 1. The molecule has 1 aliphatic heterocycles. The zero-order chi connectivity index (χ0) is 21.9. The highest BCUT2D eigenvalue weighted by Gasteiger charge is 2.24. The number of benzene rings is 2. The Bertz CT molecular complexity index is 1030. The van der Waals surface area contributed by atoms with Crippen LogP contribution in [0.2, 0.25) is 0 Å². The first-order valence-corrected chi connectivity index (χ1v) is 11.0. The molecule has 2 aromatic carbocycles. The Morgan fingerprint density at radius 2 is 1.83 bits per heavy atom. The van der Waals surface area contributed by atoms with E-state index in [-0.39, 0.29) is 16.2 Å². The predicted molar refractivity (Wildman–Crippen MR) is 116 cm³/mol. The van der Waals surface area contributed by atoms with Crippen LogP contribution in [0.3, 0.4) is 0 Å². The second-order valence-corrected chi connectivity index (χ2v) is 9.33. The number of aryl methyl sites for hydroxylation is 1. The first-order chi connectivity index (χ1) is 14.2. The van der Waals surface area contributed by atoms with E-state index in [1.165, 1.54) is 33.3 Å². The number of amides is 1. The molecule has 1 amide bonds. The van der Waals surface area contributed by atoms with Gasteiger partial charge in [-0.25, -0.2) is 12.7 Å². The topological polar surface area (TPSA) is 88.2 Å². The van der Waals surface area contributed by atoms with Gasteiger partial charge in [-0.2, -0.15) is 0 Å². The van der Waals surface area contributed by atoms with Crippen LogP contribution in [0.25, 0.3) is 0 Å². The first-order valence-electron chi connectivity index (χ1n) is 9.59. The summed E-state index contributed by atoms with van der Waals surface area (Å²) < 4.78 is 36.8. The third-order valence-corrected chi connectivity index (χ3v) is 6.86. The van der Waals surface area contributed by atoms with Gasteiger partial charge >= 0.3 is 0 Å². The SMILES string of the molecule is COc1ccc(C(=O)Nc2ccc(N3CCOCC3)cc2C)cc1S(=O)(=O)N(C)C. The van der Waals surface area contributed by atoms with Gasteiger partial charge in [-0.3, -0.25) is 4.79 Å². The van der Waals surface area contributed by atoms with Gasteiger partial charge in [0.05, 0.1) is 20.3 Å². The lowest BCUT2D eigenvalue weighted by molar-refractivity contribution is 0.102. The molecule has 0 spiro atoms. The minimum atomic E-state index is -3.76. The van der Waals surface area contributed by atoms with Crippen LogP contribution in [0, 0.1) is 6.92 Å². The maximum Gasteiger partial charge on any atom is 0.255 e. The maximum absolute atomic E-state index is 12.8. The highest BCUT2D eigenvalue weighted by Crippen LogP contribution is 2.28. The molecule has 0 saturated carbocycles. The molecule has 3 rings (SSSR count). The van der Waals surface area contributed by atoms with Crippen molar-refractivity contribution in [2.24, 2.45) is 0 Å². The Labute approximate surface area is 177 Å². The summed E-state index contributed by atoms with van der Waals surface area (Å²) in [6.07, 6.45) is 0. The van der Waals surface area contributed by atoms with E-state index in [9.17, 15) is 13.2 Å². The molecule has 0 atom stereocenters. The van der Waals surface area contributed by atoms with Crippen molar-refractivity contribution in [3.63, 3.8) is 0 Å². The van der Waals surface area contributed by atoms with E-state index in [1.807, 2.05) is 25.1 Å². The molecule has 1 fully saturated rings. The van der Waals surface area contributed by atoms with Crippen LogP contribution in [0.1, 0.15) is 15.9 Å². The average Bonchev–Trinajstić information content (AvgIpc) is 2.75. The first kappa shape index (κ1) is 22.1. The van der Waals surface area contributed by atoms with Crippen LogP contribution in [0.4, 0.5) is 11.4 Å². The fourth-order valence-corrected chi connectivity index (χ4v) is 4.29. The van der Waals surface area contributed by atoms with Crippen molar-refractivity contribution in [1.82, 2.24) is 4.31 Å². The fourth-order valence-electron chi connectivity index (χ4n) is 3.22. The third kappa shape index (κ3) is 4.58. The highest BCUT2D eigenvalue weighted by molar-refractivity contribution is 7.89. The summed E-state index contributed by atoms with van der Waals surface area (Å²) >= 11 is 0. The standard InChI is InChI=1S/C21H27N3O5S/c1-15-13-17(24-9-11-29-12-10-24)6-7-18(15)22-21(25)16-5-8-19(28-4)20(14-16)30(26,27)23(2)3/h5-8,13-14H,9-12H2,1-4H3,(H,22,25). The summed E-state index contributed by atoms with van der Waals surface area (Å²) in [6, 6.07) is 10.2. The summed E-state index contributed by atoms with van der Waals surface area (Å²) in [7, 11) is 0.493. The van der Waals surface area contributed by atoms with Crippen LogP contribution in [0.5, 0.6) is 5.75 Å². The van der Waals surface area contributed by atoms with Gasteiger partial charge in [-0.1, -0.05) is 0 Å². The zero-order valence-electron chi connectivity index (χ0n) is 17.6. The number of nitrogens with one attached hydrogen (secondary N) is 1. The zero-order valence-corrected chi connectivity index (χ0v) is 18.5. The smallest absolute Gasteiger partial charge is 0.255 e. The van der Waals surface area contributed by atoms with E-state index in [0.29, 0.717) is 18.9 Å². The number of ether oxygens (including phenoxy) is 2. The molecule has 9 heteroatoms. The van der Waals surface area contributed by atoms with E-state index in [1.54, 1.807) is 6.07 Å². The van der Waals surface area contributed by atoms with Crippen molar-refractivity contribution in [3.8, 4) is 5.75 Å². The summed E-state index contributed by atoms with van der Waals surface area (Å²) in [5, 5.41) is 2.87. The van der Waals surface area contributed by atoms with Crippen molar-refractivity contribution in [3.05, 3.63) is 47.5 Å². The highest BCUT2D eigenvalue weighted by atomic mass is 32.2. The minimum absolute atomic E-state index is 0.0537. The molecule has 0 aromatic heterocycles. The molecule has 0 bridgehead atoms. The van der Waals surface area contributed by atoms with Gasteiger partial charge in [0, 0.05) is 44.1 Å². The van der Waals surface area contributed by atoms with Crippen molar-refractivity contribution in [1.29, 1.82) is 0 Å². The third-order valence-electron chi connectivity index (χ3n) is 5.02. The van der Waals surface area contributed by atoms with E-state index in [0.717, 1.165) is 28.6 Å². The molecule has 1 aliphatic rings. The number of hydrogen-bond acceptors (Lipinski definition) is 6. The predicted octanol–water partition coefficient (Wildman–Crippen LogP) is 2.34. The second kappa shape index (κ2) is 9.03. The van der Waals surface area contributed by atoms with Crippen molar-refractivity contribution in [2.45, 2.75) is 11.8 Å². The molecule has 2 aromatic rings. The number of rotatable bonds is 6. The molecule has 30 heavy (non-hydrogen) atoms. The van der Waals surface area contributed by atoms with E-state index in [2.05, 4.69) is 10.2 Å². The Morgan fingerprint density at radius 1 is 1.13 bits per heavy atom. The van der Waals surface area contributed by atoms with Gasteiger partial charge in [0.15, 0.2) is 0 Å². The lowest BCUT2D eigenvalue weighted by Crippen LogP contribution is -2.36. The van der Waals surface area contributed by atoms with Crippen molar-refractivity contribution >= 4 is 27.3 Å². The molecule has 1 heterocycles. The molecule has 162 valence electrons. The second-order valence-electron chi connectivity index (χ2n) is 7.21. The van der Waals surface area contributed by atoms with Crippen molar-refractivity contribution < 1.29 is 22.7 Å². The summed E-state index contributed by atoms with van der Waals surface area (Å²) in [5.74, 6) is -0.207. The number of carbonyl (C=O) groups excluding carboxylic acids is 1. The van der Waals surface area contributed by atoms with Crippen molar-refractivity contribution in [2.75, 3.05) is 57.7 Å². The maximum atomic E-state index is 12.8. The van der Waals surface area contributed by atoms with E-state index in [4.69, 9.17) is 9.47 Å². The lowest BCUT2D eigenvalue weighted by atomic mass is 10.1. The largest absolute Gasteiger partial charge is 0.495 e. The average molecular weight is 434 g/mol. The van der Waals surface area contributed by atoms with Crippen LogP contribution in [-0.2, 0) is 14.8 Å². The molecule has 0 radical (unpaired) electrons. The van der Waals surface area contributed by atoms with Crippen LogP contribution in [-0.4, -0.2) is 66.1 Å². The normalized spacial score (nSPS) is 14.6. The van der Waals surface area contributed by atoms with Gasteiger partial charge in [0.1, 0.15) is 10.6 Å². The lowest BCUT2D eigenvalue weighted by Gasteiger charge is -2.29. The van der Waals surface area contributed by atoms with Crippen LogP contribution >= 0.6 is 0 Å². The number of hydrogen-bond donors (Lipinski definition) is 1. The Morgan fingerprint density at radius 3 is 2.43 bits per heavy atom. The molecular formula is C21H27N3O5S. The number of carbonyl (C=O) groups is 1. The van der Waals surface area contributed by atoms with Gasteiger partial charge in [0.25, 0.3) is 5.91 Å². The van der Waals surface area contributed by atoms with Crippen LogP contribution in [0.15, 0.2) is 41.3 Å². The summed E-state index contributed by atoms with van der Waals surface area (Å²) in [5.41, 5.74) is 2.90. The molecule has 1 N–H and O–H groups in total. The number of nitrogens with zero attached hydrogens (tertiary/aromatic N) is 2. The Hall–Kier alpha value is -2.62. The molecule has 1 saturated heterocycles. The van der Waals surface area contributed by atoms with Gasteiger partial charge in [0.2, 0.25) is 10.0 Å². The molecule has 0 unspecified atom stereocenters.